The SMILES string of the molecule is CN(C)C.N=C(N)N[SiH3]. The molecule has 0 rings (SSSR count). The van der Waals surface area contributed by atoms with E-state index < -0.39 is 0 Å². The molecule has 0 aromatic heterocycles. The average Bonchev–Trinajstić information content (AvgIpc) is 1.65. The number of hydrogen-bond donors (Lipinski definition) is 3. The second-order valence-corrected chi connectivity index (χ2v) is 2.51. The average molecular weight is 148 g/mol. The van der Waals surface area contributed by atoms with Crippen LogP contribution in [0.15, 0.2) is 0 Å². The molecule has 5 heteroatoms. The van der Waals surface area contributed by atoms with Crippen molar-refractivity contribution in [1.82, 2.24) is 9.88 Å². The van der Waals surface area contributed by atoms with Crippen LogP contribution in [0, 0.1) is 5.41 Å². The Balaban J connectivity index is 0. The normalized spacial score (nSPS) is 8.00. The highest BCUT2D eigenvalue weighted by Crippen LogP contribution is 1.47. The first-order chi connectivity index (χ1) is 4.00. The summed E-state index contributed by atoms with van der Waals surface area (Å²) >= 11 is 0. The second-order valence-electron chi connectivity index (χ2n) is 2.01. The maximum Gasteiger partial charge on any atom is 0.176 e. The van der Waals surface area contributed by atoms with Gasteiger partial charge < -0.3 is 15.6 Å². The summed E-state index contributed by atoms with van der Waals surface area (Å²) in [5, 5.41) is 6.44. The molecule has 0 bridgehead atoms. The lowest BCUT2D eigenvalue weighted by Gasteiger charge is -1.90. The minimum atomic E-state index is 0.0664. The maximum absolute atomic E-state index is 6.44. The first-order valence-electron chi connectivity index (χ1n) is 2.63. The van der Waals surface area contributed by atoms with Gasteiger partial charge >= 0.3 is 0 Å². The Morgan fingerprint density at radius 1 is 1.56 bits per heavy atom. The van der Waals surface area contributed by atoms with E-state index in [4.69, 9.17) is 11.1 Å². The fraction of sp³-hybridized carbons (Fsp3) is 0.750. The van der Waals surface area contributed by atoms with Gasteiger partial charge in [0, 0.05) is 0 Å². The lowest BCUT2D eigenvalue weighted by molar-refractivity contribution is 0.505. The quantitative estimate of drug-likeness (QED) is 0.210. The van der Waals surface area contributed by atoms with E-state index in [1.165, 1.54) is 0 Å². The number of nitrogens with two attached hydrogens (primary N) is 1. The summed E-state index contributed by atoms with van der Waals surface area (Å²) in [6.45, 7) is 0. The molecule has 0 aliphatic heterocycles. The van der Waals surface area contributed by atoms with E-state index in [0.717, 1.165) is 10.4 Å². The molecule has 0 saturated carbocycles. The van der Waals surface area contributed by atoms with Crippen molar-refractivity contribution in [3.05, 3.63) is 0 Å². The third kappa shape index (κ3) is 106. The highest BCUT2D eigenvalue weighted by Gasteiger charge is 1.65. The minimum Gasteiger partial charge on any atom is -0.391 e. The monoisotopic (exact) mass is 148 g/mol. The van der Waals surface area contributed by atoms with Crippen LogP contribution in [-0.2, 0) is 0 Å². The molecule has 0 radical (unpaired) electrons. The highest BCUT2D eigenvalue weighted by molar-refractivity contribution is 6.13. The third-order valence-corrected chi connectivity index (χ3v) is 0.808. The van der Waals surface area contributed by atoms with Crippen molar-refractivity contribution < 1.29 is 0 Å². The summed E-state index contributed by atoms with van der Waals surface area (Å²) in [6.07, 6.45) is 0. The molecule has 0 aliphatic rings. The fourth-order valence-corrected chi connectivity index (χ4v) is 0. The van der Waals surface area contributed by atoms with Gasteiger partial charge in [-0.3, -0.25) is 5.41 Å². The zero-order valence-corrected chi connectivity index (χ0v) is 8.52. The van der Waals surface area contributed by atoms with E-state index >= 15 is 0 Å². The van der Waals surface area contributed by atoms with Crippen LogP contribution >= 0.6 is 0 Å². The van der Waals surface area contributed by atoms with Crippen LogP contribution in [0.4, 0.5) is 0 Å². The molecule has 0 aromatic rings. The molecule has 9 heavy (non-hydrogen) atoms. The van der Waals surface area contributed by atoms with Crippen LogP contribution < -0.4 is 10.7 Å². The molecule has 4 nitrogen and oxygen atoms in total. The van der Waals surface area contributed by atoms with Crippen LogP contribution in [-0.4, -0.2) is 42.4 Å². The summed E-state index contributed by atoms with van der Waals surface area (Å²) in [7, 11) is 6.77. The number of nitrogens with one attached hydrogen (secondary N) is 2. The predicted octanol–water partition coefficient (Wildman–Crippen LogP) is -2.07. The Morgan fingerprint density at radius 2 is 1.67 bits per heavy atom. The number of nitrogens with zero attached hydrogens (tertiary/aromatic N) is 1. The summed E-state index contributed by atoms with van der Waals surface area (Å²) < 4.78 is 0. The van der Waals surface area contributed by atoms with E-state index in [9.17, 15) is 0 Å². The van der Waals surface area contributed by atoms with E-state index in [1.807, 2.05) is 26.0 Å². The smallest absolute Gasteiger partial charge is 0.176 e. The lowest BCUT2D eigenvalue weighted by atomic mass is 11.0. The summed E-state index contributed by atoms with van der Waals surface area (Å²) in [5.74, 6) is 0.0664. The Hall–Kier alpha value is -0.553. The number of guanidine groups is 1. The van der Waals surface area contributed by atoms with Crippen molar-refractivity contribution in [3.63, 3.8) is 0 Å². The zero-order valence-electron chi connectivity index (χ0n) is 6.52. The standard InChI is InChI=1S/C3H9N.CH7N3Si/c1-4(2)3;2-1(3)4-5/h1-3H3;5H3,(H4,2,3,4). The van der Waals surface area contributed by atoms with Gasteiger partial charge in [-0.05, 0) is 21.1 Å². The van der Waals surface area contributed by atoms with E-state index in [2.05, 4.69) is 4.98 Å². The van der Waals surface area contributed by atoms with Gasteiger partial charge in [-0.1, -0.05) is 0 Å². The minimum absolute atomic E-state index is 0.0664. The van der Waals surface area contributed by atoms with E-state index in [1.54, 1.807) is 0 Å². The topological polar surface area (TPSA) is 65.1 Å². The molecule has 0 heterocycles. The van der Waals surface area contributed by atoms with Crippen LogP contribution in [0.3, 0.4) is 0 Å². The highest BCUT2D eigenvalue weighted by atomic mass is 28.2. The molecule has 0 aromatic carbocycles. The summed E-state index contributed by atoms with van der Waals surface area (Å²) in [4.78, 5) is 4.53. The van der Waals surface area contributed by atoms with Crippen LogP contribution in [0.25, 0.3) is 0 Å². The van der Waals surface area contributed by atoms with Crippen LogP contribution in [0.1, 0.15) is 0 Å². The second kappa shape index (κ2) is 7.45. The van der Waals surface area contributed by atoms with Gasteiger partial charge in [-0.2, -0.15) is 0 Å². The molecular weight excluding hydrogens is 132 g/mol. The fourth-order valence-electron chi connectivity index (χ4n) is 0. The van der Waals surface area contributed by atoms with Gasteiger partial charge in [0.05, 0.1) is 0 Å². The number of rotatable bonds is 0. The van der Waals surface area contributed by atoms with Gasteiger partial charge in [0.15, 0.2) is 5.96 Å². The van der Waals surface area contributed by atoms with E-state index in [-0.39, 0.29) is 5.96 Å². The van der Waals surface area contributed by atoms with Crippen molar-refractivity contribution in [2.45, 2.75) is 0 Å². The zero-order chi connectivity index (χ0) is 7.86. The third-order valence-electron chi connectivity index (χ3n) is 0.269. The number of hydrogen-bond acceptors (Lipinski definition) is 2. The molecule has 4 N–H and O–H groups in total. The Morgan fingerprint density at radius 3 is 1.67 bits per heavy atom. The van der Waals surface area contributed by atoms with Gasteiger partial charge in [0.1, 0.15) is 10.4 Å². The van der Waals surface area contributed by atoms with Gasteiger partial charge in [0.2, 0.25) is 0 Å². The largest absolute Gasteiger partial charge is 0.391 e. The molecule has 0 unspecified atom stereocenters. The molecule has 0 fully saturated rings. The van der Waals surface area contributed by atoms with Gasteiger partial charge in [-0.15, -0.1) is 0 Å². The molecule has 0 spiro atoms. The van der Waals surface area contributed by atoms with Crippen LogP contribution in [0.2, 0.25) is 0 Å². The molecule has 0 aliphatic carbocycles. The van der Waals surface area contributed by atoms with Crippen molar-refractivity contribution in [1.29, 1.82) is 5.41 Å². The van der Waals surface area contributed by atoms with Crippen LogP contribution in [0.5, 0.6) is 0 Å². The predicted molar refractivity (Wildman–Crippen MR) is 44.6 cm³/mol. The summed E-state index contributed by atoms with van der Waals surface area (Å²) in [5.41, 5.74) is 4.80. The van der Waals surface area contributed by atoms with Crippen molar-refractivity contribution in [2.75, 3.05) is 21.1 Å². The first-order valence-corrected chi connectivity index (χ1v) is 3.63. The maximum atomic E-state index is 6.44. The van der Waals surface area contributed by atoms with Gasteiger partial charge in [-0.25, -0.2) is 0 Å². The van der Waals surface area contributed by atoms with Crippen molar-refractivity contribution in [2.24, 2.45) is 5.73 Å². The molecule has 0 atom stereocenters. The lowest BCUT2D eigenvalue weighted by Crippen LogP contribution is -2.27. The van der Waals surface area contributed by atoms with Gasteiger partial charge in [0.25, 0.3) is 0 Å². The van der Waals surface area contributed by atoms with Crippen molar-refractivity contribution in [3.8, 4) is 0 Å². The molecule has 0 saturated heterocycles. The molecule has 56 valence electrons. The molecular formula is C4H16N4Si. The first kappa shape index (κ1) is 11.3. The van der Waals surface area contributed by atoms with E-state index in [0.29, 0.717) is 0 Å². The Labute approximate surface area is 59.4 Å². The molecule has 0 amide bonds. The summed E-state index contributed by atoms with van der Waals surface area (Å²) in [6, 6.07) is 0. The Kier molecular flexibility index (Phi) is 9.33. The van der Waals surface area contributed by atoms with Crippen molar-refractivity contribution >= 4 is 16.4 Å². The Bertz CT molecular complexity index is 70.2.